The molecule has 0 fully saturated rings. The van der Waals surface area contributed by atoms with E-state index in [1.165, 1.54) is 9.08 Å². The van der Waals surface area contributed by atoms with Crippen molar-refractivity contribution in [2.45, 2.75) is 6.54 Å². The first-order chi connectivity index (χ1) is 11.7. The van der Waals surface area contributed by atoms with E-state index in [0.717, 1.165) is 5.56 Å². The summed E-state index contributed by atoms with van der Waals surface area (Å²) in [6.07, 6.45) is 0. The Bertz CT molecular complexity index is 1180. The summed E-state index contributed by atoms with van der Waals surface area (Å²) >= 11 is 0. The molecular weight excluding hydrogens is 304 g/mol. The Hall–Kier alpha value is -3.66. The molecule has 0 spiro atoms. The molecule has 0 radical (unpaired) electrons. The van der Waals surface area contributed by atoms with E-state index in [0.29, 0.717) is 22.2 Å². The molecular formula is C17H12N6O. The van der Waals surface area contributed by atoms with Crippen LogP contribution in [0.25, 0.3) is 16.7 Å². The largest absolute Gasteiger partial charge is 0.381 e. The summed E-state index contributed by atoms with van der Waals surface area (Å²) < 4.78 is 2.75. The van der Waals surface area contributed by atoms with E-state index in [1.807, 2.05) is 18.2 Å². The van der Waals surface area contributed by atoms with Crippen LogP contribution in [0.2, 0.25) is 0 Å². The lowest BCUT2D eigenvalue weighted by Crippen LogP contribution is -2.22. The fourth-order valence-corrected chi connectivity index (χ4v) is 2.75. The summed E-state index contributed by atoms with van der Waals surface area (Å²) in [7, 11) is 0. The molecule has 0 saturated carbocycles. The highest BCUT2D eigenvalue weighted by atomic mass is 16.2. The Balaban J connectivity index is 1.97. The van der Waals surface area contributed by atoms with Crippen molar-refractivity contribution in [2.75, 3.05) is 5.73 Å². The summed E-state index contributed by atoms with van der Waals surface area (Å²) in [4.78, 5) is 17.1. The number of nitriles is 1. The fraction of sp³-hybridized carbons (Fsp3) is 0.0588. The molecule has 0 unspecified atom stereocenters. The molecule has 116 valence electrons. The molecule has 0 aliphatic heterocycles. The molecule has 0 aliphatic rings. The predicted molar refractivity (Wildman–Crippen MR) is 89.4 cm³/mol. The van der Waals surface area contributed by atoms with Crippen LogP contribution in [-0.4, -0.2) is 19.2 Å². The van der Waals surface area contributed by atoms with Crippen LogP contribution >= 0.6 is 0 Å². The lowest BCUT2D eigenvalue weighted by Gasteiger charge is -2.02. The minimum atomic E-state index is -0.317. The maximum absolute atomic E-state index is 12.8. The number of hydrogen-bond donors (Lipinski definition) is 1. The first-order valence-electron chi connectivity index (χ1n) is 7.31. The van der Waals surface area contributed by atoms with Crippen molar-refractivity contribution in [3.8, 4) is 6.07 Å². The average Bonchev–Trinajstić information content (AvgIpc) is 2.93. The summed E-state index contributed by atoms with van der Waals surface area (Å²) in [5, 5.41) is 13.5. The van der Waals surface area contributed by atoms with Gasteiger partial charge in [0, 0.05) is 0 Å². The summed E-state index contributed by atoms with van der Waals surface area (Å²) in [6.45, 7) is 0.192. The van der Waals surface area contributed by atoms with Gasteiger partial charge in [-0.3, -0.25) is 0 Å². The Labute approximate surface area is 136 Å². The van der Waals surface area contributed by atoms with Gasteiger partial charge < -0.3 is 5.73 Å². The molecule has 2 heterocycles. The van der Waals surface area contributed by atoms with Gasteiger partial charge in [-0.15, -0.1) is 5.10 Å². The number of fused-ring (bicyclic) bond motifs is 3. The number of aromatic nitrogens is 4. The molecule has 0 aliphatic carbocycles. The highest BCUT2D eigenvalue weighted by Crippen LogP contribution is 2.17. The third-order valence-electron chi connectivity index (χ3n) is 3.89. The van der Waals surface area contributed by atoms with E-state index in [2.05, 4.69) is 16.2 Å². The zero-order valence-corrected chi connectivity index (χ0v) is 12.5. The summed E-state index contributed by atoms with van der Waals surface area (Å²) in [5.41, 5.74) is 8.46. The Kier molecular flexibility index (Phi) is 3.03. The Morgan fingerprint density at radius 2 is 1.88 bits per heavy atom. The zero-order valence-electron chi connectivity index (χ0n) is 12.5. The lowest BCUT2D eigenvalue weighted by molar-refractivity contribution is 0.659. The van der Waals surface area contributed by atoms with Crippen molar-refractivity contribution in [3.05, 3.63) is 70.1 Å². The number of nitrogens with zero attached hydrogens (tertiary/aromatic N) is 5. The van der Waals surface area contributed by atoms with E-state index in [4.69, 9.17) is 5.73 Å². The Morgan fingerprint density at radius 1 is 1.12 bits per heavy atom. The van der Waals surface area contributed by atoms with Gasteiger partial charge in [-0.2, -0.15) is 5.26 Å². The SMILES string of the molecule is N#Cc1ccccc1Cn1nc2c(N)nc3ccccc3n2c1=O. The molecule has 0 amide bonds. The zero-order chi connectivity index (χ0) is 16.7. The van der Waals surface area contributed by atoms with Gasteiger partial charge in [-0.1, -0.05) is 30.3 Å². The molecule has 2 N–H and O–H groups in total. The maximum atomic E-state index is 12.8. The highest BCUT2D eigenvalue weighted by Gasteiger charge is 2.15. The van der Waals surface area contributed by atoms with Gasteiger partial charge in [0.15, 0.2) is 5.82 Å². The molecule has 4 rings (SSSR count). The van der Waals surface area contributed by atoms with E-state index < -0.39 is 0 Å². The number of para-hydroxylation sites is 2. The van der Waals surface area contributed by atoms with E-state index in [-0.39, 0.29) is 18.1 Å². The second-order valence-electron chi connectivity index (χ2n) is 5.35. The summed E-state index contributed by atoms with van der Waals surface area (Å²) in [6, 6.07) is 16.5. The van der Waals surface area contributed by atoms with Gasteiger partial charge in [0.05, 0.1) is 29.2 Å². The summed E-state index contributed by atoms with van der Waals surface area (Å²) in [5.74, 6) is 0.193. The number of rotatable bonds is 2. The number of anilines is 1. The number of hydrogen-bond acceptors (Lipinski definition) is 5. The minimum absolute atomic E-state index is 0.192. The predicted octanol–water partition coefficient (Wildman–Crippen LogP) is 1.55. The topological polar surface area (TPSA) is 102 Å². The van der Waals surface area contributed by atoms with Crippen LogP contribution in [0, 0.1) is 11.3 Å². The van der Waals surface area contributed by atoms with Gasteiger partial charge >= 0.3 is 5.69 Å². The molecule has 2 aromatic heterocycles. The van der Waals surface area contributed by atoms with Crippen molar-refractivity contribution in [1.82, 2.24) is 19.2 Å². The molecule has 7 nitrogen and oxygen atoms in total. The van der Waals surface area contributed by atoms with E-state index in [9.17, 15) is 10.1 Å². The number of nitrogens with two attached hydrogens (primary N) is 1. The third-order valence-corrected chi connectivity index (χ3v) is 3.89. The van der Waals surface area contributed by atoms with Crippen molar-refractivity contribution in [2.24, 2.45) is 0 Å². The molecule has 7 heteroatoms. The van der Waals surface area contributed by atoms with Crippen molar-refractivity contribution in [1.29, 1.82) is 5.26 Å². The number of nitrogen functional groups attached to an aromatic ring is 1. The average molecular weight is 316 g/mol. The normalized spacial score (nSPS) is 11.0. The first kappa shape index (κ1) is 14.0. The molecule has 24 heavy (non-hydrogen) atoms. The van der Waals surface area contributed by atoms with E-state index >= 15 is 0 Å². The van der Waals surface area contributed by atoms with Gasteiger partial charge in [-0.25, -0.2) is 18.9 Å². The molecule has 0 saturated heterocycles. The van der Waals surface area contributed by atoms with Gasteiger partial charge in [-0.05, 0) is 23.8 Å². The van der Waals surface area contributed by atoms with Crippen LogP contribution in [0.3, 0.4) is 0 Å². The van der Waals surface area contributed by atoms with Gasteiger partial charge in [0.25, 0.3) is 0 Å². The second kappa shape index (κ2) is 5.21. The van der Waals surface area contributed by atoms with Crippen LogP contribution in [-0.2, 0) is 6.54 Å². The first-order valence-corrected chi connectivity index (χ1v) is 7.31. The molecule has 4 aromatic rings. The maximum Gasteiger partial charge on any atom is 0.351 e. The smallest absolute Gasteiger partial charge is 0.351 e. The van der Waals surface area contributed by atoms with E-state index in [1.54, 1.807) is 30.3 Å². The number of benzene rings is 2. The third kappa shape index (κ3) is 2.01. The highest BCUT2D eigenvalue weighted by molar-refractivity contribution is 5.81. The molecule has 2 aromatic carbocycles. The second-order valence-corrected chi connectivity index (χ2v) is 5.35. The fourth-order valence-electron chi connectivity index (χ4n) is 2.75. The van der Waals surface area contributed by atoms with Crippen molar-refractivity contribution >= 4 is 22.5 Å². The van der Waals surface area contributed by atoms with Gasteiger partial charge in [0.2, 0.25) is 5.65 Å². The van der Waals surface area contributed by atoms with Crippen LogP contribution < -0.4 is 11.4 Å². The molecule has 0 atom stereocenters. The lowest BCUT2D eigenvalue weighted by atomic mass is 10.1. The standard InChI is InChI=1S/C17H12N6O/c18-9-11-5-1-2-6-12(11)10-22-17(24)23-14-8-4-3-7-13(14)20-15(19)16(23)21-22/h1-8H,10H2,(H2,19,20). The Morgan fingerprint density at radius 3 is 2.71 bits per heavy atom. The van der Waals surface area contributed by atoms with Crippen LogP contribution in [0.1, 0.15) is 11.1 Å². The quantitative estimate of drug-likeness (QED) is 0.604. The van der Waals surface area contributed by atoms with Crippen LogP contribution in [0.4, 0.5) is 5.82 Å². The van der Waals surface area contributed by atoms with Crippen LogP contribution in [0.15, 0.2) is 53.3 Å². The minimum Gasteiger partial charge on any atom is -0.381 e. The monoisotopic (exact) mass is 316 g/mol. The van der Waals surface area contributed by atoms with Gasteiger partial charge in [0.1, 0.15) is 0 Å². The van der Waals surface area contributed by atoms with Crippen LogP contribution in [0.5, 0.6) is 0 Å². The molecule has 0 bridgehead atoms. The van der Waals surface area contributed by atoms with Crippen molar-refractivity contribution in [3.63, 3.8) is 0 Å². The van der Waals surface area contributed by atoms with Crippen molar-refractivity contribution < 1.29 is 0 Å².